The third-order valence-electron chi connectivity index (χ3n) is 3.12. The molecule has 116 valence electrons. The molecule has 2 rings (SSSR count). The Morgan fingerprint density at radius 3 is 2.32 bits per heavy atom. The average Bonchev–Trinajstić information content (AvgIpc) is 2.54. The van der Waals surface area contributed by atoms with Gasteiger partial charge in [0.25, 0.3) is 0 Å². The molecular weight excluding hydrogens is 287 g/mol. The number of methoxy groups -OCH3 is 2. The van der Waals surface area contributed by atoms with E-state index in [1.54, 1.807) is 36.4 Å². The first-order valence-electron chi connectivity index (χ1n) is 6.73. The van der Waals surface area contributed by atoms with Gasteiger partial charge in [-0.25, -0.2) is 4.39 Å². The van der Waals surface area contributed by atoms with Crippen molar-refractivity contribution in [2.75, 3.05) is 14.2 Å². The molecule has 0 aliphatic carbocycles. The Morgan fingerprint density at radius 2 is 1.73 bits per heavy atom. The van der Waals surface area contributed by atoms with Gasteiger partial charge in [-0.05, 0) is 35.4 Å². The first kappa shape index (κ1) is 15.8. The lowest BCUT2D eigenvalue weighted by atomic mass is 10.1. The van der Waals surface area contributed by atoms with E-state index >= 15 is 0 Å². The minimum Gasteiger partial charge on any atom is -0.494 e. The van der Waals surface area contributed by atoms with Crippen molar-refractivity contribution in [3.8, 4) is 11.5 Å². The number of ether oxygens (including phenoxy) is 3. The number of carbonyl (C=O) groups is 1. The third-order valence-corrected chi connectivity index (χ3v) is 3.12. The zero-order valence-electron chi connectivity index (χ0n) is 12.5. The molecule has 5 heteroatoms. The Labute approximate surface area is 128 Å². The molecule has 0 N–H and O–H groups in total. The van der Waals surface area contributed by atoms with Gasteiger partial charge < -0.3 is 14.2 Å². The minimum atomic E-state index is -0.419. The Kier molecular flexibility index (Phi) is 5.36. The molecule has 0 fully saturated rings. The van der Waals surface area contributed by atoms with Crippen molar-refractivity contribution in [3.63, 3.8) is 0 Å². The Balaban J connectivity index is 1.94. The molecule has 4 nitrogen and oxygen atoms in total. The number of hydrogen-bond donors (Lipinski definition) is 0. The summed E-state index contributed by atoms with van der Waals surface area (Å²) in [6.07, 6.45) is 0.223. The van der Waals surface area contributed by atoms with Crippen LogP contribution in [0.25, 0.3) is 0 Å². The summed E-state index contributed by atoms with van der Waals surface area (Å²) in [5.74, 6) is 0.139. The molecule has 0 aromatic heterocycles. The van der Waals surface area contributed by atoms with Crippen LogP contribution >= 0.6 is 0 Å². The first-order chi connectivity index (χ1) is 10.6. The summed E-state index contributed by atoms with van der Waals surface area (Å²) in [6, 6.07) is 11.8. The molecule has 0 aliphatic heterocycles. The van der Waals surface area contributed by atoms with E-state index in [-0.39, 0.29) is 24.7 Å². The Morgan fingerprint density at radius 1 is 1.05 bits per heavy atom. The zero-order chi connectivity index (χ0) is 15.9. The summed E-state index contributed by atoms with van der Waals surface area (Å²) in [7, 11) is 2.78. The smallest absolute Gasteiger partial charge is 0.309 e. The van der Waals surface area contributed by atoms with E-state index in [9.17, 15) is 9.18 Å². The van der Waals surface area contributed by atoms with Gasteiger partial charge in [-0.3, -0.25) is 4.79 Å². The molecule has 2 aromatic carbocycles. The molecule has 2 aromatic rings. The van der Waals surface area contributed by atoms with E-state index in [0.29, 0.717) is 11.3 Å². The third kappa shape index (κ3) is 4.22. The fourth-order valence-electron chi connectivity index (χ4n) is 1.91. The van der Waals surface area contributed by atoms with E-state index in [0.717, 1.165) is 5.56 Å². The maximum atomic E-state index is 13.6. The highest BCUT2D eigenvalue weighted by atomic mass is 19.1. The molecule has 0 bridgehead atoms. The second-order valence-electron chi connectivity index (χ2n) is 4.65. The number of carbonyl (C=O) groups excluding carboxylic acids is 1. The van der Waals surface area contributed by atoms with Crippen LogP contribution in [0.5, 0.6) is 11.5 Å². The maximum absolute atomic E-state index is 13.6. The molecule has 0 spiro atoms. The summed E-state index contributed by atoms with van der Waals surface area (Å²) in [5, 5.41) is 0. The van der Waals surface area contributed by atoms with Gasteiger partial charge in [0.1, 0.15) is 12.4 Å². The van der Waals surface area contributed by atoms with Crippen LogP contribution in [0.15, 0.2) is 42.5 Å². The number of benzene rings is 2. The zero-order valence-corrected chi connectivity index (χ0v) is 12.5. The predicted molar refractivity (Wildman–Crippen MR) is 79.4 cm³/mol. The standard InChI is InChI=1S/C17H17FO4/c1-20-16-8-5-13(9-15(16)18)11-22-14-6-3-12(4-7-14)10-17(19)21-2/h3-9H,10-11H2,1-2H3. The molecule has 0 amide bonds. The van der Waals surface area contributed by atoms with Crippen molar-refractivity contribution in [2.45, 2.75) is 13.0 Å². The van der Waals surface area contributed by atoms with Crippen LogP contribution in [-0.2, 0) is 22.6 Å². The molecular formula is C17H17FO4. The number of hydrogen-bond acceptors (Lipinski definition) is 4. The SMILES string of the molecule is COC(=O)Cc1ccc(OCc2ccc(OC)c(F)c2)cc1. The molecule has 0 saturated carbocycles. The number of rotatable bonds is 6. The number of esters is 1. The van der Waals surface area contributed by atoms with Gasteiger partial charge in [0.15, 0.2) is 11.6 Å². The highest BCUT2D eigenvalue weighted by Gasteiger charge is 2.05. The molecule has 0 heterocycles. The van der Waals surface area contributed by atoms with Gasteiger partial charge in [-0.2, -0.15) is 0 Å². The minimum absolute atomic E-state index is 0.205. The van der Waals surface area contributed by atoms with Crippen molar-refractivity contribution in [2.24, 2.45) is 0 Å². The lowest BCUT2D eigenvalue weighted by Gasteiger charge is -2.08. The van der Waals surface area contributed by atoms with Crippen LogP contribution in [0.4, 0.5) is 4.39 Å². The average molecular weight is 304 g/mol. The van der Waals surface area contributed by atoms with Gasteiger partial charge in [-0.15, -0.1) is 0 Å². The highest BCUT2D eigenvalue weighted by Crippen LogP contribution is 2.19. The molecule has 0 atom stereocenters. The first-order valence-corrected chi connectivity index (χ1v) is 6.73. The van der Waals surface area contributed by atoms with Crippen molar-refractivity contribution >= 4 is 5.97 Å². The van der Waals surface area contributed by atoms with Crippen LogP contribution < -0.4 is 9.47 Å². The molecule has 22 heavy (non-hydrogen) atoms. The lowest BCUT2D eigenvalue weighted by molar-refractivity contribution is -0.139. The molecule has 0 saturated heterocycles. The van der Waals surface area contributed by atoms with Crippen LogP contribution in [0.3, 0.4) is 0 Å². The van der Waals surface area contributed by atoms with Crippen LogP contribution in [0, 0.1) is 5.82 Å². The van der Waals surface area contributed by atoms with Crippen molar-refractivity contribution in [1.29, 1.82) is 0 Å². The maximum Gasteiger partial charge on any atom is 0.309 e. The van der Waals surface area contributed by atoms with E-state index in [4.69, 9.17) is 9.47 Å². The summed E-state index contributed by atoms with van der Waals surface area (Å²) in [5.41, 5.74) is 1.55. The normalized spacial score (nSPS) is 10.1. The van der Waals surface area contributed by atoms with Crippen molar-refractivity contribution < 1.29 is 23.4 Å². The molecule has 0 aliphatic rings. The number of halogens is 1. The fraction of sp³-hybridized carbons (Fsp3) is 0.235. The van der Waals surface area contributed by atoms with Gasteiger partial charge in [0, 0.05) is 0 Å². The van der Waals surface area contributed by atoms with Gasteiger partial charge >= 0.3 is 5.97 Å². The van der Waals surface area contributed by atoms with E-state index in [1.165, 1.54) is 20.3 Å². The second kappa shape index (κ2) is 7.45. The topological polar surface area (TPSA) is 44.8 Å². The van der Waals surface area contributed by atoms with Crippen LogP contribution in [-0.4, -0.2) is 20.2 Å². The summed E-state index contributed by atoms with van der Waals surface area (Å²) >= 11 is 0. The quantitative estimate of drug-likeness (QED) is 0.769. The summed E-state index contributed by atoms with van der Waals surface area (Å²) in [4.78, 5) is 11.2. The highest BCUT2D eigenvalue weighted by molar-refractivity contribution is 5.72. The Hall–Kier alpha value is -2.56. The second-order valence-corrected chi connectivity index (χ2v) is 4.65. The van der Waals surface area contributed by atoms with Gasteiger partial charge in [-0.1, -0.05) is 18.2 Å². The van der Waals surface area contributed by atoms with E-state index in [1.807, 2.05) is 0 Å². The van der Waals surface area contributed by atoms with Gasteiger partial charge in [0.05, 0.1) is 20.6 Å². The summed E-state index contributed by atoms with van der Waals surface area (Å²) < 4.78 is 28.6. The van der Waals surface area contributed by atoms with Gasteiger partial charge in [0.2, 0.25) is 0 Å². The Bertz CT molecular complexity index is 638. The predicted octanol–water partition coefficient (Wildman–Crippen LogP) is 3.13. The van der Waals surface area contributed by atoms with Crippen LogP contribution in [0.1, 0.15) is 11.1 Å². The molecule has 0 radical (unpaired) electrons. The van der Waals surface area contributed by atoms with E-state index < -0.39 is 5.82 Å². The molecule has 0 unspecified atom stereocenters. The van der Waals surface area contributed by atoms with E-state index in [2.05, 4.69) is 4.74 Å². The van der Waals surface area contributed by atoms with Crippen molar-refractivity contribution in [1.82, 2.24) is 0 Å². The fourth-order valence-corrected chi connectivity index (χ4v) is 1.91. The van der Waals surface area contributed by atoms with Crippen LogP contribution in [0.2, 0.25) is 0 Å². The van der Waals surface area contributed by atoms with Crippen molar-refractivity contribution in [3.05, 3.63) is 59.4 Å². The summed E-state index contributed by atoms with van der Waals surface area (Å²) in [6.45, 7) is 0.247. The largest absolute Gasteiger partial charge is 0.494 e. The lowest BCUT2D eigenvalue weighted by Crippen LogP contribution is -2.04. The monoisotopic (exact) mass is 304 g/mol.